The molecule has 0 spiro atoms. The number of carboxylic acids is 1. The molecule has 1 saturated heterocycles. The Hall–Kier alpha value is -2.57. The zero-order chi connectivity index (χ0) is 21.0. The third-order valence-corrected chi connectivity index (χ3v) is 5.41. The number of benzene rings is 1. The van der Waals surface area contributed by atoms with Crippen molar-refractivity contribution in [1.29, 1.82) is 0 Å². The van der Waals surface area contributed by atoms with Gasteiger partial charge in [-0.3, -0.25) is 0 Å². The van der Waals surface area contributed by atoms with Crippen LogP contribution in [0.5, 0.6) is 5.75 Å². The summed E-state index contributed by atoms with van der Waals surface area (Å²) < 4.78 is 11.2. The molecule has 0 bridgehead atoms. The molecular weight excluding hydrogens is 370 g/mol. The third kappa shape index (κ3) is 5.49. The summed E-state index contributed by atoms with van der Waals surface area (Å²) in [5, 5.41) is 13.2. The van der Waals surface area contributed by atoms with E-state index in [0.29, 0.717) is 29.9 Å². The number of ether oxygens (including phenoxy) is 1. The molecule has 2 heterocycles. The van der Waals surface area contributed by atoms with Crippen molar-refractivity contribution in [3.8, 4) is 5.75 Å². The van der Waals surface area contributed by atoms with Gasteiger partial charge >= 0.3 is 5.97 Å². The molecule has 1 N–H and O–H groups in total. The third-order valence-electron chi connectivity index (χ3n) is 5.41. The van der Waals surface area contributed by atoms with Gasteiger partial charge in [-0.05, 0) is 67.4 Å². The smallest absolute Gasteiger partial charge is 0.335 e. The van der Waals surface area contributed by atoms with Crippen molar-refractivity contribution in [1.82, 2.24) is 10.1 Å². The Labute approximate surface area is 172 Å². The van der Waals surface area contributed by atoms with Crippen LogP contribution in [-0.2, 0) is 5.41 Å². The zero-order valence-corrected chi connectivity index (χ0v) is 17.8. The highest BCUT2D eigenvalue weighted by molar-refractivity contribution is 5.89. The zero-order valence-electron chi connectivity index (χ0n) is 17.8. The number of anilines is 1. The number of carboxylic acid groups (broad SMARTS) is 1. The lowest BCUT2D eigenvalue weighted by molar-refractivity contribution is 0.0696. The first kappa shape index (κ1) is 21.1. The molecule has 3 rings (SSSR count). The summed E-state index contributed by atoms with van der Waals surface area (Å²) in [7, 11) is 0. The second-order valence-corrected chi connectivity index (χ2v) is 8.85. The van der Waals surface area contributed by atoms with E-state index in [1.165, 1.54) is 0 Å². The van der Waals surface area contributed by atoms with Gasteiger partial charge in [-0.1, -0.05) is 20.8 Å². The van der Waals surface area contributed by atoms with Gasteiger partial charge in [0.2, 0.25) is 5.89 Å². The van der Waals surface area contributed by atoms with Crippen LogP contribution in [0.1, 0.15) is 68.3 Å². The number of aryl methyl sites for hydroxylation is 1. The summed E-state index contributed by atoms with van der Waals surface area (Å²) in [6, 6.07) is 5.12. The van der Waals surface area contributed by atoms with Crippen LogP contribution in [0.15, 0.2) is 22.7 Å². The Bertz CT molecular complexity index is 833. The fourth-order valence-corrected chi connectivity index (χ4v) is 3.60. The number of nitrogens with zero attached hydrogens (tertiary/aromatic N) is 3. The van der Waals surface area contributed by atoms with E-state index in [9.17, 15) is 4.79 Å². The molecule has 1 aliphatic rings. The summed E-state index contributed by atoms with van der Waals surface area (Å²) in [5.74, 6) is 1.89. The van der Waals surface area contributed by atoms with E-state index in [-0.39, 0.29) is 5.41 Å². The van der Waals surface area contributed by atoms with Crippen molar-refractivity contribution in [3.05, 3.63) is 35.2 Å². The maximum atomic E-state index is 11.1. The Kier molecular flexibility index (Phi) is 6.45. The normalized spacial score (nSPS) is 15.5. The maximum Gasteiger partial charge on any atom is 0.335 e. The number of hydrogen-bond acceptors (Lipinski definition) is 6. The van der Waals surface area contributed by atoms with Crippen molar-refractivity contribution < 1.29 is 19.2 Å². The van der Waals surface area contributed by atoms with Gasteiger partial charge in [-0.25, -0.2) is 4.79 Å². The van der Waals surface area contributed by atoms with Gasteiger partial charge in [0.05, 0.1) is 12.2 Å². The van der Waals surface area contributed by atoms with E-state index in [4.69, 9.17) is 14.4 Å². The van der Waals surface area contributed by atoms with Crippen LogP contribution in [0, 0.1) is 12.8 Å². The first-order chi connectivity index (χ1) is 13.7. The molecule has 2 aromatic rings. The summed E-state index contributed by atoms with van der Waals surface area (Å²) >= 11 is 0. The molecule has 1 aromatic heterocycles. The average molecular weight is 402 g/mol. The second-order valence-electron chi connectivity index (χ2n) is 8.85. The quantitative estimate of drug-likeness (QED) is 0.686. The van der Waals surface area contributed by atoms with Crippen LogP contribution in [0.4, 0.5) is 5.95 Å². The fraction of sp³-hybridized carbons (Fsp3) is 0.591. The lowest BCUT2D eigenvalue weighted by atomic mass is 9.92. The van der Waals surface area contributed by atoms with Crippen LogP contribution < -0.4 is 9.64 Å². The fourth-order valence-electron chi connectivity index (χ4n) is 3.60. The van der Waals surface area contributed by atoms with E-state index in [0.717, 1.165) is 50.1 Å². The topological polar surface area (TPSA) is 88.7 Å². The Balaban J connectivity index is 1.39. The SMILES string of the molecule is Cc1cc(OCCCC2CCN(c3noc(C(C)(C)C)n3)CC2)ccc1C(=O)O. The van der Waals surface area contributed by atoms with E-state index < -0.39 is 5.97 Å². The molecule has 1 fully saturated rings. The predicted molar refractivity (Wildman–Crippen MR) is 111 cm³/mol. The minimum atomic E-state index is -0.907. The number of carbonyl (C=O) groups is 1. The molecule has 158 valence electrons. The number of aromatic nitrogens is 2. The maximum absolute atomic E-state index is 11.1. The number of piperidine rings is 1. The molecule has 1 aliphatic heterocycles. The van der Waals surface area contributed by atoms with Crippen LogP contribution in [-0.4, -0.2) is 40.9 Å². The van der Waals surface area contributed by atoms with Crippen molar-refractivity contribution in [2.75, 3.05) is 24.6 Å². The Morgan fingerprint density at radius 1 is 1.31 bits per heavy atom. The molecule has 7 heteroatoms. The molecule has 1 aromatic carbocycles. The van der Waals surface area contributed by atoms with E-state index >= 15 is 0 Å². The van der Waals surface area contributed by atoms with Crippen molar-refractivity contribution in [2.45, 2.75) is 58.8 Å². The molecule has 7 nitrogen and oxygen atoms in total. The number of rotatable bonds is 7. The van der Waals surface area contributed by atoms with Gasteiger partial charge in [0, 0.05) is 18.5 Å². The van der Waals surface area contributed by atoms with Crippen LogP contribution in [0.3, 0.4) is 0 Å². The lowest BCUT2D eigenvalue weighted by Crippen LogP contribution is -2.34. The van der Waals surface area contributed by atoms with Gasteiger partial charge in [0.25, 0.3) is 5.95 Å². The molecule has 0 saturated carbocycles. The molecule has 0 amide bonds. The van der Waals surface area contributed by atoms with Gasteiger partial charge in [0.15, 0.2) is 0 Å². The molecule has 0 aliphatic carbocycles. The Morgan fingerprint density at radius 3 is 2.62 bits per heavy atom. The Morgan fingerprint density at radius 2 is 2.03 bits per heavy atom. The summed E-state index contributed by atoms with van der Waals surface area (Å²) in [4.78, 5) is 17.8. The second kappa shape index (κ2) is 8.84. The highest BCUT2D eigenvalue weighted by Crippen LogP contribution is 2.27. The van der Waals surface area contributed by atoms with Gasteiger partial charge in [-0.15, -0.1) is 0 Å². The largest absolute Gasteiger partial charge is 0.494 e. The van der Waals surface area contributed by atoms with Gasteiger partial charge in [-0.2, -0.15) is 4.98 Å². The molecular formula is C22H31N3O4. The minimum absolute atomic E-state index is 0.129. The summed E-state index contributed by atoms with van der Waals surface area (Å²) in [6.45, 7) is 10.5. The van der Waals surface area contributed by atoms with E-state index in [1.807, 2.05) is 0 Å². The van der Waals surface area contributed by atoms with Crippen LogP contribution in [0.2, 0.25) is 0 Å². The first-order valence-corrected chi connectivity index (χ1v) is 10.3. The number of aromatic carboxylic acids is 1. The van der Waals surface area contributed by atoms with Crippen LogP contribution >= 0.6 is 0 Å². The molecule has 29 heavy (non-hydrogen) atoms. The number of hydrogen-bond donors (Lipinski definition) is 1. The van der Waals surface area contributed by atoms with E-state index in [2.05, 4.69) is 35.8 Å². The lowest BCUT2D eigenvalue weighted by Gasteiger charge is -2.30. The van der Waals surface area contributed by atoms with E-state index in [1.54, 1.807) is 25.1 Å². The minimum Gasteiger partial charge on any atom is -0.494 e. The van der Waals surface area contributed by atoms with Gasteiger partial charge < -0.3 is 19.3 Å². The first-order valence-electron chi connectivity index (χ1n) is 10.3. The average Bonchev–Trinajstić information content (AvgIpc) is 3.16. The highest BCUT2D eigenvalue weighted by Gasteiger charge is 2.26. The summed E-state index contributed by atoms with van der Waals surface area (Å²) in [5.41, 5.74) is 0.912. The molecule has 0 radical (unpaired) electrons. The standard InChI is InChI=1S/C22H31N3O4/c1-15-14-17(7-8-18(15)19(26)27)28-13-5-6-16-9-11-25(12-10-16)21-23-20(29-24-21)22(2,3)4/h7-8,14,16H,5-6,9-13H2,1-4H3,(H,26,27). The van der Waals surface area contributed by atoms with Crippen molar-refractivity contribution in [3.63, 3.8) is 0 Å². The molecule has 0 unspecified atom stereocenters. The molecule has 0 atom stereocenters. The predicted octanol–water partition coefficient (Wildman–Crippen LogP) is 4.45. The monoisotopic (exact) mass is 401 g/mol. The summed E-state index contributed by atoms with van der Waals surface area (Å²) in [6.07, 6.45) is 4.35. The van der Waals surface area contributed by atoms with Crippen molar-refractivity contribution >= 4 is 11.9 Å². The van der Waals surface area contributed by atoms with Gasteiger partial charge in [0.1, 0.15) is 5.75 Å². The highest BCUT2D eigenvalue weighted by atomic mass is 16.5. The van der Waals surface area contributed by atoms with Crippen molar-refractivity contribution in [2.24, 2.45) is 5.92 Å². The van der Waals surface area contributed by atoms with Crippen LogP contribution in [0.25, 0.3) is 0 Å².